The summed E-state index contributed by atoms with van der Waals surface area (Å²) >= 11 is 0. The summed E-state index contributed by atoms with van der Waals surface area (Å²) in [5.74, 6) is 0.0835. The molecule has 6 nitrogen and oxygen atoms in total. The predicted molar refractivity (Wildman–Crippen MR) is 68.6 cm³/mol. The van der Waals surface area contributed by atoms with Crippen molar-refractivity contribution in [2.75, 3.05) is 6.54 Å². The van der Waals surface area contributed by atoms with Crippen LogP contribution in [0.4, 0.5) is 0 Å². The van der Waals surface area contributed by atoms with Crippen molar-refractivity contribution in [3.05, 3.63) is 0 Å². The fourth-order valence-corrected chi connectivity index (χ4v) is 2.40. The molecule has 1 saturated heterocycles. The van der Waals surface area contributed by atoms with Crippen molar-refractivity contribution in [3.63, 3.8) is 0 Å². The molecule has 2 aliphatic rings. The molecule has 3 atom stereocenters. The standard InChI is InChI=1S/C13H20N4O2/c14-7-10(6-9-3-4-16-12(9)18)17-13(19)11(15)5-8-1-2-8/h8-11H,1-6,15H2,(H,16,18)(H,17,19)/t9-,10-,11-/m0/s1. The second-order valence-corrected chi connectivity index (χ2v) is 5.49. The second-order valence-electron chi connectivity index (χ2n) is 5.49. The quantitative estimate of drug-likeness (QED) is 0.609. The van der Waals surface area contributed by atoms with Gasteiger partial charge in [0.15, 0.2) is 0 Å². The Morgan fingerprint density at radius 3 is 2.74 bits per heavy atom. The Balaban J connectivity index is 1.79. The van der Waals surface area contributed by atoms with Crippen LogP contribution in [0.25, 0.3) is 0 Å². The molecule has 1 saturated carbocycles. The molecule has 2 fully saturated rings. The first-order valence-corrected chi connectivity index (χ1v) is 6.83. The largest absolute Gasteiger partial charge is 0.356 e. The molecular weight excluding hydrogens is 244 g/mol. The zero-order chi connectivity index (χ0) is 13.8. The Kier molecular flexibility index (Phi) is 4.38. The minimum atomic E-state index is -0.633. The van der Waals surface area contributed by atoms with E-state index in [9.17, 15) is 9.59 Å². The van der Waals surface area contributed by atoms with E-state index in [4.69, 9.17) is 11.0 Å². The Hall–Kier alpha value is -1.61. The van der Waals surface area contributed by atoms with Crippen LogP contribution in [0.1, 0.15) is 32.1 Å². The van der Waals surface area contributed by atoms with Crippen LogP contribution in [-0.4, -0.2) is 30.4 Å². The molecule has 104 valence electrons. The number of nitrogens with one attached hydrogen (secondary N) is 2. The van der Waals surface area contributed by atoms with Crippen LogP contribution < -0.4 is 16.4 Å². The molecule has 0 aromatic rings. The van der Waals surface area contributed by atoms with E-state index in [2.05, 4.69) is 10.6 Å². The molecule has 0 bridgehead atoms. The monoisotopic (exact) mass is 264 g/mol. The fourth-order valence-electron chi connectivity index (χ4n) is 2.40. The Morgan fingerprint density at radius 2 is 2.21 bits per heavy atom. The maximum absolute atomic E-state index is 11.8. The number of amides is 2. The van der Waals surface area contributed by atoms with E-state index in [0.717, 1.165) is 19.3 Å². The third-order valence-electron chi connectivity index (χ3n) is 3.78. The summed E-state index contributed by atoms with van der Waals surface area (Å²) in [7, 11) is 0. The molecular formula is C13H20N4O2. The molecule has 1 aliphatic carbocycles. The van der Waals surface area contributed by atoms with Gasteiger partial charge in [-0.3, -0.25) is 9.59 Å². The summed E-state index contributed by atoms with van der Waals surface area (Å²) in [5.41, 5.74) is 5.80. The smallest absolute Gasteiger partial charge is 0.237 e. The minimum absolute atomic E-state index is 0.0308. The van der Waals surface area contributed by atoms with Gasteiger partial charge in [-0.25, -0.2) is 0 Å². The predicted octanol–water partition coefficient (Wildman–Crippen LogP) is -0.352. The number of rotatable bonds is 6. The van der Waals surface area contributed by atoms with Gasteiger partial charge in [0.2, 0.25) is 11.8 Å². The first-order valence-electron chi connectivity index (χ1n) is 6.83. The molecule has 1 aliphatic heterocycles. The third kappa shape index (κ3) is 3.93. The number of nitrogens with two attached hydrogens (primary N) is 1. The highest BCUT2D eigenvalue weighted by Crippen LogP contribution is 2.33. The van der Waals surface area contributed by atoms with Gasteiger partial charge in [0.05, 0.1) is 12.1 Å². The van der Waals surface area contributed by atoms with Gasteiger partial charge in [0, 0.05) is 12.5 Å². The Labute approximate surface area is 112 Å². The summed E-state index contributed by atoms with van der Waals surface area (Å²) in [6.07, 6.45) is 4.06. The molecule has 0 aromatic carbocycles. The highest BCUT2D eigenvalue weighted by molar-refractivity contribution is 5.83. The third-order valence-corrected chi connectivity index (χ3v) is 3.78. The van der Waals surface area contributed by atoms with E-state index in [1.54, 1.807) is 0 Å². The van der Waals surface area contributed by atoms with Gasteiger partial charge < -0.3 is 16.4 Å². The average Bonchev–Trinajstić information content (AvgIpc) is 3.11. The van der Waals surface area contributed by atoms with Crippen LogP contribution in [0.2, 0.25) is 0 Å². The average molecular weight is 264 g/mol. The SMILES string of the molecule is N#C[C@H](C[C@@H]1CCNC1=O)NC(=O)[C@@H](N)CC1CC1. The molecule has 0 spiro atoms. The van der Waals surface area contributed by atoms with Crippen molar-refractivity contribution in [1.29, 1.82) is 5.26 Å². The van der Waals surface area contributed by atoms with E-state index < -0.39 is 12.1 Å². The summed E-state index contributed by atoms with van der Waals surface area (Å²) < 4.78 is 0. The van der Waals surface area contributed by atoms with Crippen LogP contribution in [0.15, 0.2) is 0 Å². The molecule has 0 unspecified atom stereocenters. The van der Waals surface area contributed by atoms with E-state index >= 15 is 0 Å². The molecule has 19 heavy (non-hydrogen) atoms. The first-order chi connectivity index (χ1) is 9.10. The van der Waals surface area contributed by atoms with Crippen LogP contribution in [-0.2, 0) is 9.59 Å². The first kappa shape index (κ1) is 13.8. The van der Waals surface area contributed by atoms with E-state index in [-0.39, 0.29) is 17.7 Å². The molecule has 1 heterocycles. The Bertz CT molecular complexity index is 400. The van der Waals surface area contributed by atoms with Gasteiger partial charge in [0.1, 0.15) is 6.04 Å². The highest BCUT2D eigenvalue weighted by atomic mass is 16.2. The number of carbonyl (C=O) groups is 2. The second kappa shape index (κ2) is 6.02. The van der Waals surface area contributed by atoms with Gasteiger partial charge in [-0.05, 0) is 25.2 Å². The maximum atomic E-state index is 11.8. The van der Waals surface area contributed by atoms with Crippen LogP contribution in [0, 0.1) is 23.2 Å². The van der Waals surface area contributed by atoms with Crippen LogP contribution in [0.3, 0.4) is 0 Å². The van der Waals surface area contributed by atoms with Gasteiger partial charge in [-0.15, -0.1) is 0 Å². The lowest BCUT2D eigenvalue weighted by atomic mass is 9.98. The van der Waals surface area contributed by atoms with Gasteiger partial charge >= 0.3 is 0 Å². The lowest BCUT2D eigenvalue weighted by molar-refractivity contribution is -0.125. The summed E-state index contributed by atoms with van der Waals surface area (Å²) in [6.45, 7) is 0.650. The summed E-state index contributed by atoms with van der Waals surface area (Å²) in [4.78, 5) is 23.3. The van der Waals surface area contributed by atoms with E-state index in [1.807, 2.05) is 6.07 Å². The van der Waals surface area contributed by atoms with Gasteiger partial charge in [-0.1, -0.05) is 12.8 Å². The van der Waals surface area contributed by atoms with Gasteiger partial charge in [-0.2, -0.15) is 5.26 Å². The number of hydrogen-bond donors (Lipinski definition) is 3. The van der Waals surface area contributed by atoms with Crippen molar-refractivity contribution in [3.8, 4) is 6.07 Å². The lowest BCUT2D eigenvalue weighted by Gasteiger charge is -2.17. The number of hydrogen-bond acceptors (Lipinski definition) is 4. The van der Waals surface area contributed by atoms with Gasteiger partial charge in [0.25, 0.3) is 0 Å². The molecule has 2 rings (SSSR count). The van der Waals surface area contributed by atoms with E-state index in [0.29, 0.717) is 25.3 Å². The Morgan fingerprint density at radius 1 is 1.47 bits per heavy atom. The topological polar surface area (TPSA) is 108 Å². The fraction of sp³-hybridized carbons (Fsp3) is 0.769. The number of nitrogens with zero attached hydrogens (tertiary/aromatic N) is 1. The molecule has 0 radical (unpaired) electrons. The van der Waals surface area contributed by atoms with Crippen LogP contribution in [0.5, 0.6) is 0 Å². The molecule has 6 heteroatoms. The van der Waals surface area contributed by atoms with Crippen LogP contribution >= 0.6 is 0 Å². The molecule has 0 aromatic heterocycles. The normalized spacial score (nSPS) is 25.3. The minimum Gasteiger partial charge on any atom is -0.356 e. The molecule has 2 amide bonds. The summed E-state index contributed by atoms with van der Waals surface area (Å²) in [5, 5.41) is 14.4. The zero-order valence-corrected chi connectivity index (χ0v) is 10.9. The lowest BCUT2D eigenvalue weighted by Crippen LogP contribution is -2.46. The van der Waals surface area contributed by atoms with Crippen molar-refractivity contribution in [2.45, 2.75) is 44.2 Å². The molecule has 4 N–H and O–H groups in total. The maximum Gasteiger partial charge on any atom is 0.237 e. The van der Waals surface area contributed by atoms with Crippen molar-refractivity contribution < 1.29 is 9.59 Å². The van der Waals surface area contributed by atoms with E-state index in [1.165, 1.54) is 0 Å². The van der Waals surface area contributed by atoms with Crippen molar-refractivity contribution in [2.24, 2.45) is 17.6 Å². The highest BCUT2D eigenvalue weighted by Gasteiger charge is 2.30. The number of nitriles is 1. The van der Waals surface area contributed by atoms with Crippen molar-refractivity contribution in [1.82, 2.24) is 10.6 Å². The van der Waals surface area contributed by atoms with Crippen molar-refractivity contribution >= 4 is 11.8 Å². The zero-order valence-electron chi connectivity index (χ0n) is 10.9. The summed E-state index contributed by atoms with van der Waals surface area (Å²) in [6, 6.07) is 0.863. The number of carbonyl (C=O) groups excluding carboxylic acids is 2.